The molecule has 2 rings (SSSR count). The lowest BCUT2D eigenvalue weighted by Crippen LogP contribution is -2.40. The number of rotatable bonds is 3. The van der Waals surface area contributed by atoms with Crippen molar-refractivity contribution in [3.05, 3.63) is 28.8 Å². The second-order valence-corrected chi connectivity index (χ2v) is 7.33. The third-order valence-corrected chi connectivity index (χ3v) is 5.99. The van der Waals surface area contributed by atoms with E-state index in [0.29, 0.717) is 30.6 Å². The Morgan fingerprint density at radius 2 is 1.95 bits per heavy atom. The molecule has 114 valence electrons. The molecule has 7 heteroatoms. The minimum absolute atomic E-state index is 0. The Kier molecular flexibility index (Phi) is 6.28. The van der Waals surface area contributed by atoms with Crippen LogP contribution in [0.5, 0.6) is 0 Å². The maximum atomic E-state index is 12.5. The van der Waals surface area contributed by atoms with E-state index < -0.39 is 10.0 Å². The molecule has 0 aliphatic carbocycles. The minimum atomic E-state index is -3.48. The SMILES string of the molecule is Cc1ccc(S(=O)(=O)N2CCC(CN)CC2)c(Cl)c1.Cl. The highest BCUT2D eigenvalue weighted by atomic mass is 35.5. The molecule has 1 aromatic rings. The van der Waals surface area contributed by atoms with Crippen molar-refractivity contribution in [3.63, 3.8) is 0 Å². The summed E-state index contributed by atoms with van der Waals surface area (Å²) in [6.07, 6.45) is 1.64. The summed E-state index contributed by atoms with van der Waals surface area (Å²) < 4.78 is 26.6. The average molecular weight is 339 g/mol. The van der Waals surface area contributed by atoms with E-state index in [1.807, 2.05) is 6.92 Å². The summed E-state index contributed by atoms with van der Waals surface area (Å²) in [6, 6.07) is 5.04. The van der Waals surface area contributed by atoms with E-state index in [2.05, 4.69) is 0 Å². The van der Waals surface area contributed by atoms with E-state index in [4.69, 9.17) is 17.3 Å². The van der Waals surface area contributed by atoms with Gasteiger partial charge in [0.1, 0.15) is 4.90 Å². The van der Waals surface area contributed by atoms with E-state index in [1.165, 1.54) is 4.31 Å². The van der Waals surface area contributed by atoms with Gasteiger partial charge in [0.2, 0.25) is 10.0 Å². The second kappa shape index (κ2) is 7.09. The highest BCUT2D eigenvalue weighted by Gasteiger charge is 2.30. The molecule has 0 aromatic heterocycles. The van der Waals surface area contributed by atoms with Gasteiger partial charge in [0.05, 0.1) is 5.02 Å². The molecule has 0 atom stereocenters. The van der Waals surface area contributed by atoms with Gasteiger partial charge in [0.15, 0.2) is 0 Å². The standard InChI is InChI=1S/C13H19ClN2O2S.ClH/c1-10-2-3-13(12(14)8-10)19(17,18)16-6-4-11(9-15)5-7-16;/h2-3,8,11H,4-7,9,15H2,1H3;1H. The maximum absolute atomic E-state index is 12.5. The molecule has 20 heavy (non-hydrogen) atoms. The van der Waals surface area contributed by atoms with E-state index in [9.17, 15) is 8.42 Å². The van der Waals surface area contributed by atoms with Gasteiger partial charge in [-0.3, -0.25) is 0 Å². The molecule has 1 aliphatic heterocycles. The van der Waals surface area contributed by atoms with Gasteiger partial charge in [0.25, 0.3) is 0 Å². The maximum Gasteiger partial charge on any atom is 0.244 e. The molecule has 1 aromatic carbocycles. The fraction of sp³-hybridized carbons (Fsp3) is 0.538. The van der Waals surface area contributed by atoms with Crippen LogP contribution in [-0.2, 0) is 10.0 Å². The molecular formula is C13H20Cl2N2O2S. The molecule has 4 nitrogen and oxygen atoms in total. The third kappa shape index (κ3) is 3.65. The van der Waals surface area contributed by atoms with Crippen LogP contribution in [0.3, 0.4) is 0 Å². The summed E-state index contributed by atoms with van der Waals surface area (Å²) in [7, 11) is -3.48. The first-order chi connectivity index (χ1) is 8.95. The third-order valence-electron chi connectivity index (χ3n) is 3.61. The molecule has 2 N–H and O–H groups in total. The van der Waals surface area contributed by atoms with Gasteiger partial charge >= 0.3 is 0 Å². The fourth-order valence-electron chi connectivity index (χ4n) is 2.34. The van der Waals surface area contributed by atoms with Crippen molar-refractivity contribution >= 4 is 34.0 Å². The Morgan fingerprint density at radius 3 is 2.45 bits per heavy atom. The number of nitrogens with zero attached hydrogens (tertiary/aromatic N) is 1. The van der Waals surface area contributed by atoms with Crippen LogP contribution in [0.1, 0.15) is 18.4 Å². The Hall–Kier alpha value is -0.330. The van der Waals surface area contributed by atoms with Crippen molar-refractivity contribution in [2.75, 3.05) is 19.6 Å². The monoisotopic (exact) mass is 338 g/mol. The summed E-state index contributed by atoms with van der Waals surface area (Å²) in [5.41, 5.74) is 6.57. The number of hydrogen-bond donors (Lipinski definition) is 1. The van der Waals surface area contributed by atoms with E-state index in [1.54, 1.807) is 18.2 Å². The zero-order valence-electron chi connectivity index (χ0n) is 11.4. The van der Waals surface area contributed by atoms with Gasteiger partial charge in [-0.25, -0.2) is 8.42 Å². The highest BCUT2D eigenvalue weighted by molar-refractivity contribution is 7.89. The first-order valence-electron chi connectivity index (χ1n) is 6.41. The van der Waals surface area contributed by atoms with Crippen LogP contribution in [0.15, 0.2) is 23.1 Å². The average Bonchev–Trinajstić information content (AvgIpc) is 2.38. The Morgan fingerprint density at radius 1 is 1.35 bits per heavy atom. The Balaban J connectivity index is 0.00000200. The molecule has 1 aliphatic rings. The summed E-state index contributed by atoms with van der Waals surface area (Å²) in [6.45, 7) is 3.55. The molecule has 0 bridgehead atoms. The Labute approximate surface area is 131 Å². The van der Waals surface area contributed by atoms with E-state index >= 15 is 0 Å². The van der Waals surface area contributed by atoms with Crippen LogP contribution in [0.4, 0.5) is 0 Å². The lowest BCUT2D eigenvalue weighted by atomic mass is 9.99. The lowest BCUT2D eigenvalue weighted by molar-refractivity contribution is 0.278. The number of nitrogens with two attached hydrogens (primary N) is 1. The predicted octanol–water partition coefficient (Wildman–Crippen LogP) is 2.43. The fourth-order valence-corrected chi connectivity index (χ4v) is 4.38. The van der Waals surface area contributed by atoms with Gasteiger partial charge < -0.3 is 5.73 Å². The summed E-state index contributed by atoms with van der Waals surface area (Å²) in [4.78, 5) is 0.200. The van der Waals surface area contributed by atoms with Crippen LogP contribution in [0.2, 0.25) is 5.02 Å². The molecule has 0 unspecified atom stereocenters. The van der Waals surface area contributed by atoms with Gasteiger partial charge in [-0.05, 0) is 49.9 Å². The van der Waals surface area contributed by atoms with Crippen molar-refractivity contribution in [2.24, 2.45) is 11.7 Å². The van der Waals surface area contributed by atoms with Gasteiger partial charge in [0, 0.05) is 13.1 Å². The number of halogens is 2. The van der Waals surface area contributed by atoms with Crippen LogP contribution in [-0.4, -0.2) is 32.4 Å². The quantitative estimate of drug-likeness (QED) is 0.920. The van der Waals surface area contributed by atoms with Crippen molar-refractivity contribution in [2.45, 2.75) is 24.7 Å². The van der Waals surface area contributed by atoms with Gasteiger partial charge in [-0.15, -0.1) is 12.4 Å². The number of aryl methyl sites for hydroxylation is 1. The molecular weight excluding hydrogens is 319 g/mol. The first kappa shape index (κ1) is 17.7. The second-order valence-electron chi connectivity index (χ2n) is 5.02. The van der Waals surface area contributed by atoms with Gasteiger partial charge in [-0.2, -0.15) is 4.31 Å². The van der Waals surface area contributed by atoms with Crippen LogP contribution >= 0.6 is 24.0 Å². The van der Waals surface area contributed by atoms with Gasteiger partial charge in [-0.1, -0.05) is 17.7 Å². The molecule has 0 saturated carbocycles. The highest BCUT2D eigenvalue weighted by Crippen LogP contribution is 2.28. The smallest absolute Gasteiger partial charge is 0.244 e. The van der Waals surface area contributed by atoms with Crippen molar-refractivity contribution in [3.8, 4) is 0 Å². The number of sulfonamides is 1. The normalized spacial score (nSPS) is 17.8. The molecule has 1 fully saturated rings. The van der Waals surface area contributed by atoms with Crippen LogP contribution in [0, 0.1) is 12.8 Å². The number of piperidine rings is 1. The van der Waals surface area contributed by atoms with E-state index in [-0.39, 0.29) is 17.3 Å². The molecule has 0 radical (unpaired) electrons. The van der Waals surface area contributed by atoms with E-state index in [0.717, 1.165) is 18.4 Å². The first-order valence-corrected chi connectivity index (χ1v) is 8.23. The van der Waals surface area contributed by atoms with Crippen LogP contribution < -0.4 is 5.73 Å². The van der Waals surface area contributed by atoms with Crippen molar-refractivity contribution < 1.29 is 8.42 Å². The van der Waals surface area contributed by atoms with Crippen molar-refractivity contribution in [1.29, 1.82) is 0 Å². The largest absolute Gasteiger partial charge is 0.330 e. The zero-order chi connectivity index (χ0) is 14.0. The minimum Gasteiger partial charge on any atom is -0.330 e. The topological polar surface area (TPSA) is 63.4 Å². The van der Waals surface area contributed by atoms with Crippen molar-refractivity contribution in [1.82, 2.24) is 4.31 Å². The number of hydrogen-bond acceptors (Lipinski definition) is 3. The summed E-state index contributed by atoms with van der Waals surface area (Å²) in [5, 5.41) is 0.293. The zero-order valence-corrected chi connectivity index (χ0v) is 13.8. The summed E-state index contributed by atoms with van der Waals surface area (Å²) in [5.74, 6) is 0.430. The lowest BCUT2D eigenvalue weighted by Gasteiger charge is -2.30. The molecule has 1 heterocycles. The molecule has 1 saturated heterocycles. The predicted molar refractivity (Wildman–Crippen MR) is 84.0 cm³/mol. The summed E-state index contributed by atoms with van der Waals surface area (Å²) >= 11 is 6.06. The Bertz CT molecular complexity index is 555. The molecule has 0 amide bonds. The van der Waals surface area contributed by atoms with Crippen LogP contribution in [0.25, 0.3) is 0 Å². The number of benzene rings is 1. The molecule has 0 spiro atoms.